The van der Waals surface area contributed by atoms with E-state index in [1.807, 2.05) is 24.7 Å². The molecule has 0 radical (unpaired) electrons. The Morgan fingerprint density at radius 2 is 2.12 bits per heavy atom. The maximum atomic E-state index is 12.5. The van der Waals surface area contributed by atoms with Crippen LogP contribution in [0.25, 0.3) is 11.5 Å². The summed E-state index contributed by atoms with van der Waals surface area (Å²) in [7, 11) is -1.55. The second-order valence-corrected chi connectivity index (χ2v) is 8.64. The van der Waals surface area contributed by atoms with E-state index in [0.717, 1.165) is 6.26 Å². The molecule has 0 saturated carbocycles. The SMILES string of the molecule is CCc1ccc(C(=O)Nc2nc(-c3nccn3C)cs2)cc1S(C)(=O)=O. The zero-order chi connectivity index (χ0) is 18.9. The molecule has 0 aliphatic rings. The van der Waals surface area contributed by atoms with E-state index in [0.29, 0.717) is 28.6 Å². The minimum atomic E-state index is -3.41. The van der Waals surface area contributed by atoms with Gasteiger partial charge in [0, 0.05) is 36.6 Å². The van der Waals surface area contributed by atoms with Crippen LogP contribution in [0, 0.1) is 0 Å². The summed E-state index contributed by atoms with van der Waals surface area (Å²) in [6.45, 7) is 1.87. The molecule has 2 heterocycles. The molecule has 136 valence electrons. The molecular weight excluding hydrogens is 372 g/mol. The Hall–Kier alpha value is -2.52. The highest BCUT2D eigenvalue weighted by Crippen LogP contribution is 2.24. The Labute approximate surface area is 155 Å². The number of sulfone groups is 1. The van der Waals surface area contributed by atoms with Gasteiger partial charge >= 0.3 is 0 Å². The second kappa shape index (κ2) is 7.00. The maximum Gasteiger partial charge on any atom is 0.257 e. The molecule has 0 saturated heterocycles. The van der Waals surface area contributed by atoms with E-state index in [1.165, 1.54) is 17.4 Å². The second-order valence-electron chi connectivity index (χ2n) is 5.80. The zero-order valence-electron chi connectivity index (χ0n) is 14.6. The van der Waals surface area contributed by atoms with Gasteiger partial charge in [0.1, 0.15) is 5.69 Å². The fourth-order valence-electron chi connectivity index (χ4n) is 2.55. The molecule has 0 bridgehead atoms. The first-order valence-corrected chi connectivity index (χ1v) is 10.6. The summed E-state index contributed by atoms with van der Waals surface area (Å²) in [6.07, 6.45) is 5.21. The first kappa shape index (κ1) is 18.3. The molecule has 0 aliphatic heterocycles. The van der Waals surface area contributed by atoms with Crippen molar-refractivity contribution >= 4 is 32.2 Å². The molecule has 1 amide bonds. The Kier molecular flexibility index (Phi) is 4.92. The number of carbonyl (C=O) groups is 1. The van der Waals surface area contributed by atoms with Crippen LogP contribution in [0.3, 0.4) is 0 Å². The Balaban J connectivity index is 1.85. The summed E-state index contributed by atoms with van der Waals surface area (Å²) in [5.74, 6) is 0.298. The first-order chi connectivity index (χ1) is 12.3. The number of aromatic nitrogens is 3. The molecule has 1 N–H and O–H groups in total. The molecule has 0 spiro atoms. The molecule has 3 rings (SSSR count). The van der Waals surface area contributed by atoms with Crippen LogP contribution in [-0.2, 0) is 23.3 Å². The topological polar surface area (TPSA) is 93.9 Å². The van der Waals surface area contributed by atoms with Crippen molar-refractivity contribution in [3.8, 4) is 11.5 Å². The molecule has 3 aromatic rings. The van der Waals surface area contributed by atoms with E-state index >= 15 is 0 Å². The fourth-order valence-corrected chi connectivity index (χ4v) is 4.26. The molecule has 2 aromatic heterocycles. The molecule has 9 heteroatoms. The summed E-state index contributed by atoms with van der Waals surface area (Å²) < 4.78 is 25.8. The van der Waals surface area contributed by atoms with E-state index in [-0.39, 0.29) is 10.5 Å². The third kappa shape index (κ3) is 3.68. The van der Waals surface area contributed by atoms with Crippen LogP contribution >= 0.6 is 11.3 Å². The number of nitrogens with zero attached hydrogens (tertiary/aromatic N) is 3. The maximum absolute atomic E-state index is 12.5. The van der Waals surface area contributed by atoms with Gasteiger partial charge in [-0.2, -0.15) is 0 Å². The first-order valence-electron chi connectivity index (χ1n) is 7.87. The minimum Gasteiger partial charge on any atom is -0.333 e. The average Bonchev–Trinajstić information content (AvgIpc) is 3.22. The summed E-state index contributed by atoms with van der Waals surface area (Å²) >= 11 is 1.28. The number of benzene rings is 1. The van der Waals surface area contributed by atoms with Gasteiger partial charge in [-0.1, -0.05) is 13.0 Å². The van der Waals surface area contributed by atoms with Crippen molar-refractivity contribution in [1.82, 2.24) is 14.5 Å². The van der Waals surface area contributed by atoms with Gasteiger partial charge in [-0.05, 0) is 24.1 Å². The number of carbonyl (C=O) groups excluding carboxylic acids is 1. The molecular formula is C17H18N4O3S2. The van der Waals surface area contributed by atoms with Crippen molar-refractivity contribution < 1.29 is 13.2 Å². The zero-order valence-corrected chi connectivity index (χ0v) is 16.2. The van der Waals surface area contributed by atoms with Crippen LogP contribution in [-0.4, -0.2) is 35.1 Å². The summed E-state index contributed by atoms with van der Waals surface area (Å²) in [4.78, 5) is 21.3. The van der Waals surface area contributed by atoms with E-state index in [4.69, 9.17) is 0 Å². The smallest absolute Gasteiger partial charge is 0.257 e. The lowest BCUT2D eigenvalue weighted by Crippen LogP contribution is -2.13. The number of hydrogen-bond acceptors (Lipinski definition) is 6. The summed E-state index contributed by atoms with van der Waals surface area (Å²) in [5, 5.41) is 4.94. The van der Waals surface area contributed by atoms with Gasteiger partial charge in [0.15, 0.2) is 20.8 Å². The molecule has 0 fully saturated rings. The third-order valence-corrected chi connectivity index (χ3v) is 5.82. The van der Waals surface area contributed by atoms with Crippen molar-refractivity contribution in [3.63, 3.8) is 0 Å². The van der Waals surface area contributed by atoms with Gasteiger partial charge in [-0.3, -0.25) is 10.1 Å². The Morgan fingerprint density at radius 3 is 2.73 bits per heavy atom. The van der Waals surface area contributed by atoms with Crippen LogP contribution < -0.4 is 5.32 Å². The number of hydrogen-bond donors (Lipinski definition) is 1. The fraction of sp³-hybridized carbons (Fsp3) is 0.235. The predicted octanol–water partition coefficient (Wildman–Crippen LogP) is 2.76. The van der Waals surface area contributed by atoms with Gasteiger partial charge in [0.2, 0.25) is 0 Å². The van der Waals surface area contributed by atoms with Gasteiger partial charge in [-0.25, -0.2) is 18.4 Å². The number of amides is 1. The quantitative estimate of drug-likeness (QED) is 0.723. The number of nitrogens with one attached hydrogen (secondary N) is 1. The Bertz CT molecular complexity index is 1070. The number of aryl methyl sites for hydroxylation is 2. The average molecular weight is 390 g/mol. The summed E-state index contributed by atoms with van der Waals surface area (Å²) in [5.41, 5.74) is 1.63. The number of anilines is 1. The van der Waals surface area contributed by atoms with Crippen LogP contribution in [0.4, 0.5) is 5.13 Å². The van der Waals surface area contributed by atoms with E-state index in [1.54, 1.807) is 23.7 Å². The van der Waals surface area contributed by atoms with Gasteiger partial charge in [0.05, 0.1) is 4.90 Å². The van der Waals surface area contributed by atoms with Crippen LogP contribution in [0.2, 0.25) is 0 Å². The molecule has 7 nitrogen and oxygen atoms in total. The van der Waals surface area contributed by atoms with Crippen LogP contribution in [0.15, 0.2) is 40.9 Å². The normalized spacial score (nSPS) is 11.5. The number of imidazole rings is 1. The van der Waals surface area contributed by atoms with E-state index in [9.17, 15) is 13.2 Å². The molecule has 0 unspecified atom stereocenters. The summed E-state index contributed by atoms with van der Waals surface area (Å²) in [6, 6.07) is 4.71. The van der Waals surface area contributed by atoms with Crippen LogP contribution in [0.1, 0.15) is 22.8 Å². The highest BCUT2D eigenvalue weighted by Gasteiger charge is 2.17. The standard InChI is InChI=1S/C17H18N4O3S2/c1-4-11-5-6-12(9-14(11)26(3,23)24)16(22)20-17-19-13(10-25-17)15-18-7-8-21(15)2/h5-10H,4H2,1-3H3,(H,19,20,22). The van der Waals surface area contributed by atoms with Crippen molar-refractivity contribution in [2.24, 2.45) is 7.05 Å². The van der Waals surface area contributed by atoms with Crippen molar-refractivity contribution in [2.75, 3.05) is 11.6 Å². The number of thiazole rings is 1. The van der Waals surface area contributed by atoms with Crippen molar-refractivity contribution in [2.45, 2.75) is 18.2 Å². The lowest BCUT2D eigenvalue weighted by Gasteiger charge is -2.08. The van der Waals surface area contributed by atoms with Gasteiger partial charge < -0.3 is 4.57 Å². The third-order valence-electron chi connectivity index (χ3n) is 3.88. The largest absolute Gasteiger partial charge is 0.333 e. The molecule has 0 aliphatic carbocycles. The number of rotatable bonds is 5. The van der Waals surface area contributed by atoms with E-state index < -0.39 is 15.7 Å². The minimum absolute atomic E-state index is 0.181. The lowest BCUT2D eigenvalue weighted by molar-refractivity contribution is 0.102. The monoisotopic (exact) mass is 390 g/mol. The van der Waals surface area contributed by atoms with Gasteiger partial charge in [-0.15, -0.1) is 11.3 Å². The van der Waals surface area contributed by atoms with Gasteiger partial charge in [0.25, 0.3) is 5.91 Å². The molecule has 1 aromatic carbocycles. The highest BCUT2D eigenvalue weighted by molar-refractivity contribution is 7.90. The lowest BCUT2D eigenvalue weighted by atomic mass is 10.1. The predicted molar refractivity (Wildman–Crippen MR) is 101 cm³/mol. The van der Waals surface area contributed by atoms with Crippen molar-refractivity contribution in [3.05, 3.63) is 47.1 Å². The van der Waals surface area contributed by atoms with Crippen LogP contribution in [0.5, 0.6) is 0 Å². The Morgan fingerprint density at radius 1 is 1.35 bits per heavy atom. The van der Waals surface area contributed by atoms with E-state index in [2.05, 4.69) is 15.3 Å². The highest BCUT2D eigenvalue weighted by atomic mass is 32.2. The molecule has 0 atom stereocenters. The molecule has 26 heavy (non-hydrogen) atoms. The van der Waals surface area contributed by atoms with Crippen molar-refractivity contribution in [1.29, 1.82) is 0 Å².